The minimum atomic E-state index is -4.83. The Morgan fingerprint density at radius 2 is 1.64 bits per heavy atom. The first kappa shape index (κ1) is 50.5. The number of sulfonamides is 1. The van der Waals surface area contributed by atoms with Gasteiger partial charge in [0.2, 0.25) is 27.8 Å². The first-order valence-corrected chi connectivity index (χ1v) is 23.3. The molecule has 2 aromatic carbocycles. The summed E-state index contributed by atoms with van der Waals surface area (Å²) in [6.07, 6.45) is -0.425. The second-order valence-corrected chi connectivity index (χ2v) is 17.5. The van der Waals surface area contributed by atoms with E-state index < -0.39 is 63.5 Å². The number of ether oxygens (including phenoxy) is 3. The summed E-state index contributed by atoms with van der Waals surface area (Å²) in [5.41, 5.74) is 0.789. The van der Waals surface area contributed by atoms with E-state index >= 15 is 0 Å². The van der Waals surface area contributed by atoms with Crippen LogP contribution in [0.5, 0.6) is 0 Å². The molecule has 5 heterocycles. The summed E-state index contributed by atoms with van der Waals surface area (Å²) >= 11 is 0. The zero-order chi connectivity index (χ0) is 50.0. The number of benzene rings is 2. The fraction of sp³-hybridized carbons (Fsp3) is 0.381. The minimum Gasteiger partial charge on any atom is -0.382 e. The van der Waals surface area contributed by atoms with Gasteiger partial charge in [-0.1, -0.05) is 17.3 Å². The van der Waals surface area contributed by atoms with E-state index in [1.165, 1.54) is 54.6 Å². The second-order valence-electron chi connectivity index (χ2n) is 15.5. The molecule has 28 heteroatoms. The van der Waals surface area contributed by atoms with Crippen LogP contribution in [0, 0.1) is 0 Å². The van der Waals surface area contributed by atoms with Gasteiger partial charge >= 0.3 is 6.18 Å². The van der Waals surface area contributed by atoms with E-state index in [0.717, 1.165) is 15.5 Å². The van der Waals surface area contributed by atoms with E-state index in [1.54, 1.807) is 18.2 Å². The molecule has 70 heavy (non-hydrogen) atoms. The van der Waals surface area contributed by atoms with Crippen LogP contribution in [0.2, 0.25) is 0 Å². The Morgan fingerprint density at radius 3 is 2.36 bits per heavy atom. The van der Waals surface area contributed by atoms with Crippen LogP contribution in [0.4, 0.5) is 47.8 Å². The zero-order valence-electron chi connectivity index (χ0n) is 37.5. The molecule has 372 valence electrons. The van der Waals surface area contributed by atoms with E-state index in [2.05, 4.69) is 56.8 Å². The van der Waals surface area contributed by atoms with Gasteiger partial charge in [0, 0.05) is 61.2 Å². The van der Waals surface area contributed by atoms with E-state index in [0.29, 0.717) is 61.7 Å². The molecule has 1 saturated heterocycles. The van der Waals surface area contributed by atoms with Crippen LogP contribution >= 0.6 is 0 Å². The predicted octanol–water partition coefficient (Wildman–Crippen LogP) is 2.29. The molecule has 5 aromatic rings. The second kappa shape index (κ2) is 22.4. The van der Waals surface area contributed by atoms with Gasteiger partial charge in [0.05, 0.1) is 70.7 Å². The number of hydrogen-bond acceptors (Lipinski definition) is 19. The van der Waals surface area contributed by atoms with Gasteiger partial charge in [-0.25, -0.2) is 23.1 Å². The average molecular weight is 997 g/mol. The Bertz CT molecular complexity index is 2800. The Morgan fingerprint density at radius 1 is 0.943 bits per heavy atom. The van der Waals surface area contributed by atoms with Crippen molar-refractivity contribution in [3.63, 3.8) is 0 Å². The number of rotatable bonds is 23. The minimum absolute atomic E-state index is 0.0341. The van der Waals surface area contributed by atoms with Crippen molar-refractivity contribution in [3.05, 3.63) is 95.3 Å². The number of nitrogens with one attached hydrogen (secondary N) is 5. The van der Waals surface area contributed by atoms with Crippen molar-refractivity contribution in [2.24, 2.45) is 0 Å². The van der Waals surface area contributed by atoms with E-state index in [4.69, 9.17) is 14.2 Å². The highest BCUT2D eigenvalue weighted by Crippen LogP contribution is 2.39. The summed E-state index contributed by atoms with van der Waals surface area (Å²) in [4.78, 5) is 67.2. The number of anilines is 6. The molecule has 24 nitrogen and oxygen atoms in total. The fourth-order valence-corrected chi connectivity index (χ4v) is 7.57. The molecule has 4 amide bonds. The molecule has 2 aliphatic heterocycles. The van der Waals surface area contributed by atoms with Gasteiger partial charge in [-0.05, 0) is 36.8 Å². The maximum Gasteiger partial charge on any atom is 0.421 e. The van der Waals surface area contributed by atoms with Crippen molar-refractivity contribution in [2.75, 3.05) is 85.1 Å². The fourth-order valence-electron chi connectivity index (χ4n) is 7.11. The number of hydrogen-bond donors (Lipinski definition) is 6. The third-order valence-electron chi connectivity index (χ3n) is 10.6. The number of aromatic nitrogens is 7. The highest BCUT2D eigenvalue weighted by Gasteiger charge is 2.45. The molecule has 0 radical (unpaired) electrons. The lowest BCUT2D eigenvalue weighted by Gasteiger charge is -2.31. The summed E-state index contributed by atoms with van der Waals surface area (Å²) in [7, 11) is -2.51. The molecular formula is C42H47F3N14O10S. The highest BCUT2D eigenvalue weighted by molar-refractivity contribution is 7.92. The van der Waals surface area contributed by atoms with Crippen molar-refractivity contribution in [1.82, 2.24) is 45.1 Å². The number of halogens is 3. The van der Waals surface area contributed by atoms with Gasteiger partial charge in [-0.15, -0.1) is 5.10 Å². The predicted molar refractivity (Wildman–Crippen MR) is 242 cm³/mol. The topological polar surface area (TPSA) is 299 Å². The maximum absolute atomic E-state index is 13.9. The third kappa shape index (κ3) is 12.6. The quantitative estimate of drug-likeness (QED) is 0.0404. The van der Waals surface area contributed by atoms with Gasteiger partial charge in [0.15, 0.2) is 17.7 Å². The smallest absolute Gasteiger partial charge is 0.382 e. The molecule has 3 aromatic heterocycles. The summed E-state index contributed by atoms with van der Waals surface area (Å²) in [6, 6.07) is 10.2. The normalized spacial score (nSPS) is 15.9. The summed E-state index contributed by atoms with van der Waals surface area (Å²) in [5.74, 6) is -2.95. The molecule has 0 bridgehead atoms. The van der Waals surface area contributed by atoms with Gasteiger partial charge in [-0.3, -0.25) is 38.7 Å². The number of imide groups is 1. The number of aliphatic hydroxyl groups is 1. The number of alkyl halides is 3. The van der Waals surface area contributed by atoms with Crippen LogP contribution in [0.3, 0.4) is 0 Å². The molecule has 0 aliphatic carbocycles. The molecule has 0 spiro atoms. The summed E-state index contributed by atoms with van der Waals surface area (Å²) in [6.45, 7) is 2.00. The van der Waals surface area contributed by atoms with Crippen molar-refractivity contribution in [2.45, 2.75) is 44.4 Å². The number of amides is 4. The monoisotopic (exact) mass is 996 g/mol. The number of carbonyl (C=O) groups excluding carboxylic acids is 4. The van der Waals surface area contributed by atoms with Crippen molar-refractivity contribution in [1.29, 1.82) is 0 Å². The van der Waals surface area contributed by atoms with E-state index in [9.17, 15) is 45.9 Å². The Labute approximate surface area is 397 Å². The van der Waals surface area contributed by atoms with Crippen molar-refractivity contribution < 1.29 is 60.1 Å². The SMILES string of the molecule is CN(c1nccnc1CNc1nc(Nc2ccc(NC(=O)c3cn(CCOCCOCCOCCNc4cccc5c4C(=O)N(C4CCC(=O)NC4=O)C5O)nn3)cc2)ncc1C(F)(F)F)S(C)(=O)=O. The van der Waals surface area contributed by atoms with Gasteiger partial charge in [0.25, 0.3) is 11.8 Å². The van der Waals surface area contributed by atoms with Gasteiger partial charge < -0.3 is 40.6 Å². The van der Waals surface area contributed by atoms with Crippen LogP contribution in [0.15, 0.2) is 67.3 Å². The Hall–Kier alpha value is -7.40. The Balaban J connectivity index is 0.776. The molecule has 1 fully saturated rings. The first-order chi connectivity index (χ1) is 33.5. The highest BCUT2D eigenvalue weighted by atomic mass is 32.2. The lowest BCUT2D eigenvalue weighted by Crippen LogP contribution is -2.53. The lowest BCUT2D eigenvalue weighted by atomic mass is 10.0. The summed E-state index contributed by atoms with van der Waals surface area (Å²) < 4.78 is 84.9. The lowest BCUT2D eigenvalue weighted by molar-refractivity contribution is -0.140. The number of piperidine rings is 1. The van der Waals surface area contributed by atoms with Crippen molar-refractivity contribution in [3.8, 4) is 0 Å². The number of fused-ring (bicyclic) bond motifs is 1. The first-order valence-electron chi connectivity index (χ1n) is 21.4. The van der Waals surface area contributed by atoms with E-state index in [1.807, 2.05) is 0 Å². The largest absolute Gasteiger partial charge is 0.421 e. The van der Waals surface area contributed by atoms with Crippen LogP contribution in [-0.2, 0) is 53.1 Å². The Kier molecular flexibility index (Phi) is 16.1. The summed E-state index contributed by atoms with van der Waals surface area (Å²) in [5, 5.41) is 32.2. The number of nitrogens with zero attached hydrogens (tertiary/aromatic N) is 9. The van der Waals surface area contributed by atoms with Crippen LogP contribution in [0.25, 0.3) is 0 Å². The van der Waals surface area contributed by atoms with Gasteiger partial charge in [0.1, 0.15) is 23.1 Å². The maximum atomic E-state index is 13.9. The zero-order valence-corrected chi connectivity index (χ0v) is 38.3. The standard InChI is InChI=1S/C42H47F3N14O10S/c1-57(70(2,65)66)36-30(46-12-13-48-36)23-49-35-28(42(43,44)45)22-50-41(54-35)52-26-8-6-25(7-9-26)51-37(61)31-24-58(56-55-31)15-17-68-19-21-69-20-18-67-16-14-47-29-5-3-4-27-34(29)40(64)59(39(27)63)32-10-11-33(60)53-38(32)62/h3-9,12-13,22,24,32,39,47,63H,10-11,14-21,23H2,1-2H3,(H,51,61)(H,53,60,62)(H2,49,50,52,54). The molecule has 7 rings (SSSR count). The number of aliphatic hydroxyl groups excluding tert-OH is 1. The van der Waals surface area contributed by atoms with Gasteiger partial charge in [-0.2, -0.15) is 18.2 Å². The number of carbonyl (C=O) groups is 4. The molecule has 0 saturated carbocycles. The molecule has 2 unspecified atom stereocenters. The van der Waals surface area contributed by atoms with Crippen molar-refractivity contribution >= 4 is 68.3 Å². The van der Waals surface area contributed by atoms with Crippen LogP contribution in [-0.4, -0.2) is 143 Å². The van der Waals surface area contributed by atoms with Crippen LogP contribution in [0.1, 0.15) is 56.7 Å². The molecule has 2 atom stereocenters. The molecule has 2 aliphatic rings. The average Bonchev–Trinajstić information content (AvgIpc) is 3.90. The molecular weight excluding hydrogens is 950 g/mol. The van der Waals surface area contributed by atoms with E-state index in [-0.39, 0.29) is 67.9 Å². The van der Waals surface area contributed by atoms with Crippen LogP contribution < -0.4 is 30.9 Å². The molecule has 6 N–H and O–H groups in total. The third-order valence-corrected chi connectivity index (χ3v) is 11.8.